The van der Waals surface area contributed by atoms with E-state index in [1.54, 1.807) is 11.3 Å². The highest BCUT2D eigenvalue weighted by Crippen LogP contribution is 2.23. The average molecular weight is 294 g/mol. The van der Waals surface area contributed by atoms with Gasteiger partial charge in [0.05, 0.1) is 0 Å². The lowest BCUT2D eigenvalue weighted by molar-refractivity contribution is 0.569. The monoisotopic (exact) mass is 293 g/mol. The summed E-state index contributed by atoms with van der Waals surface area (Å²) in [5.41, 5.74) is 1.35. The molecule has 1 aromatic carbocycles. The number of benzene rings is 1. The molecule has 2 rings (SSSR count). The van der Waals surface area contributed by atoms with Crippen molar-refractivity contribution in [2.45, 2.75) is 39.4 Å². The van der Waals surface area contributed by atoms with Crippen LogP contribution in [-0.4, -0.2) is 25.7 Å². The second-order valence-electron chi connectivity index (χ2n) is 5.90. The predicted octanol–water partition coefficient (Wildman–Crippen LogP) is 2.85. The lowest BCUT2D eigenvalue weighted by atomic mass is 10.1. The van der Waals surface area contributed by atoms with Crippen LogP contribution < -0.4 is 10.5 Å². The van der Waals surface area contributed by atoms with E-state index in [9.17, 15) is 4.80 Å². The molecule has 2 nitrogen and oxygen atoms in total. The quantitative estimate of drug-likeness (QED) is 0.831. The van der Waals surface area contributed by atoms with Crippen LogP contribution in [0, 0.1) is 0 Å². The van der Waals surface area contributed by atoms with Gasteiger partial charge in [0.15, 0.2) is 0 Å². The van der Waals surface area contributed by atoms with Gasteiger partial charge < -0.3 is 10.1 Å². The summed E-state index contributed by atoms with van der Waals surface area (Å²) in [7, 11) is -2.22. The summed E-state index contributed by atoms with van der Waals surface area (Å²) < 4.78 is 1.28. The van der Waals surface area contributed by atoms with Gasteiger partial charge in [0.1, 0.15) is 0 Å². The van der Waals surface area contributed by atoms with Crippen LogP contribution in [0.5, 0.6) is 0 Å². The number of hydrogen-bond acceptors (Lipinski definition) is 3. The minimum atomic E-state index is -2.22. The molecule has 0 amide bonds. The number of fused-ring (bicyclic) bond motifs is 1. The van der Waals surface area contributed by atoms with Crippen LogP contribution in [0.3, 0.4) is 0 Å². The molecule has 2 N–H and O–H groups in total. The maximum absolute atomic E-state index is 10.3. The summed E-state index contributed by atoms with van der Waals surface area (Å²) in [6, 6.07) is 7.18. The maximum atomic E-state index is 10.3. The van der Waals surface area contributed by atoms with E-state index in [0.29, 0.717) is 6.04 Å². The molecule has 0 aliphatic carbocycles. The van der Waals surface area contributed by atoms with E-state index in [-0.39, 0.29) is 0 Å². The smallest absolute Gasteiger partial charge is 0.215 e. The standard InChI is InChI=1S/C15H23NOSSi/c1-11(2)16-8-7-12-5-6-14-13(9-12)15(10-18-14)19(3,4)17/h5-6,9-11,16-17H,7-8H2,1-4H3. The van der Waals surface area contributed by atoms with Crippen LogP contribution >= 0.6 is 11.3 Å². The zero-order valence-corrected chi connectivity index (χ0v) is 14.0. The number of thiophene rings is 1. The SMILES string of the molecule is CC(C)NCCc1ccc2scc([Si](C)(C)O)c2c1. The lowest BCUT2D eigenvalue weighted by Gasteiger charge is -2.13. The molecule has 0 aliphatic rings. The zero-order valence-electron chi connectivity index (χ0n) is 12.2. The Morgan fingerprint density at radius 1 is 1.32 bits per heavy atom. The maximum Gasteiger partial charge on any atom is 0.215 e. The van der Waals surface area contributed by atoms with Crippen molar-refractivity contribution in [3.05, 3.63) is 29.1 Å². The third-order valence-electron chi connectivity index (χ3n) is 3.26. The Bertz CT molecular complexity index is 557. The van der Waals surface area contributed by atoms with Crippen molar-refractivity contribution in [2.75, 3.05) is 6.54 Å². The highest BCUT2D eigenvalue weighted by Gasteiger charge is 2.23. The Hall–Kier alpha value is -0.683. The molecule has 1 heterocycles. The Labute approximate surface area is 120 Å². The molecule has 1 aromatic heterocycles. The van der Waals surface area contributed by atoms with Crippen molar-refractivity contribution < 1.29 is 4.80 Å². The highest BCUT2D eigenvalue weighted by molar-refractivity contribution is 7.19. The molecule has 0 atom stereocenters. The molecular weight excluding hydrogens is 270 g/mol. The summed E-state index contributed by atoms with van der Waals surface area (Å²) in [5, 5.41) is 8.00. The van der Waals surface area contributed by atoms with Crippen molar-refractivity contribution in [3.8, 4) is 0 Å². The van der Waals surface area contributed by atoms with Gasteiger partial charge in [-0.1, -0.05) is 26.0 Å². The topological polar surface area (TPSA) is 32.3 Å². The Kier molecular flexibility index (Phi) is 4.45. The van der Waals surface area contributed by atoms with E-state index in [1.807, 2.05) is 13.1 Å². The first-order valence-corrected chi connectivity index (χ1v) is 10.7. The third-order valence-corrected chi connectivity index (χ3v) is 6.17. The van der Waals surface area contributed by atoms with Gasteiger partial charge in [0.2, 0.25) is 8.32 Å². The van der Waals surface area contributed by atoms with Crippen molar-refractivity contribution in [1.82, 2.24) is 5.32 Å². The Morgan fingerprint density at radius 2 is 2.05 bits per heavy atom. The van der Waals surface area contributed by atoms with Crippen molar-refractivity contribution in [1.29, 1.82) is 0 Å². The first-order chi connectivity index (χ1) is 8.88. The van der Waals surface area contributed by atoms with Crippen molar-refractivity contribution in [3.63, 3.8) is 0 Å². The second-order valence-corrected chi connectivity index (χ2v) is 10.5. The summed E-state index contributed by atoms with van der Waals surface area (Å²) >= 11 is 1.74. The van der Waals surface area contributed by atoms with Crippen LogP contribution in [0.15, 0.2) is 23.6 Å². The number of rotatable bonds is 5. The molecule has 0 saturated heterocycles. The van der Waals surface area contributed by atoms with E-state index in [1.165, 1.54) is 20.8 Å². The van der Waals surface area contributed by atoms with Crippen LogP contribution in [0.25, 0.3) is 10.1 Å². The van der Waals surface area contributed by atoms with Gasteiger partial charge in [-0.3, -0.25) is 0 Å². The first-order valence-electron chi connectivity index (χ1n) is 6.84. The fourth-order valence-corrected chi connectivity index (χ4v) is 5.31. The summed E-state index contributed by atoms with van der Waals surface area (Å²) in [6.45, 7) is 9.31. The molecule has 19 heavy (non-hydrogen) atoms. The second kappa shape index (κ2) is 5.75. The highest BCUT2D eigenvalue weighted by atomic mass is 32.1. The van der Waals surface area contributed by atoms with E-state index in [2.05, 4.69) is 42.7 Å². The first kappa shape index (κ1) is 14.7. The van der Waals surface area contributed by atoms with Crippen molar-refractivity contribution >= 4 is 34.9 Å². The molecular formula is C15H23NOSSi. The molecule has 0 saturated carbocycles. The normalized spacial score (nSPS) is 12.5. The van der Waals surface area contributed by atoms with E-state index >= 15 is 0 Å². The van der Waals surface area contributed by atoms with Gasteiger partial charge in [0, 0.05) is 10.7 Å². The van der Waals surface area contributed by atoms with Crippen LogP contribution in [0.4, 0.5) is 0 Å². The number of hydrogen-bond donors (Lipinski definition) is 2. The molecule has 104 valence electrons. The fourth-order valence-electron chi connectivity index (χ4n) is 2.21. The Balaban J connectivity index is 2.23. The summed E-state index contributed by atoms with van der Waals surface area (Å²) in [4.78, 5) is 10.3. The zero-order chi connectivity index (χ0) is 14.0. The van der Waals surface area contributed by atoms with Gasteiger partial charge in [0.25, 0.3) is 0 Å². The average Bonchev–Trinajstić information content (AvgIpc) is 2.71. The molecule has 0 spiro atoms. The third kappa shape index (κ3) is 3.66. The molecule has 0 aliphatic heterocycles. The van der Waals surface area contributed by atoms with E-state index in [4.69, 9.17) is 0 Å². The van der Waals surface area contributed by atoms with E-state index in [0.717, 1.165) is 13.0 Å². The van der Waals surface area contributed by atoms with Gasteiger partial charge in [-0.15, -0.1) is 11.3 Å². The molecule has 0 unspecified atom stereocenters. The van der Waals surface area contributed by atoms with Gasteiger partial charge in [-0.2, -0.15) is 0 Å². The predicted molar refractivity (Wildman–Crippen MR) is 88.0 cm³/mol. The van der Waals surface area contributed by atoms with Crippen LogP contribution in [0.1, 0.15) is 19.4 Å². The van der Waals surface area contributed by atoms with Gasteiger partial charge >= 0.3 is 0 Å². The molecule has 0 radical (unpaired) electrons. The summed E-state index contributed by atoms with van der Waals surface area (Å²) in [6.07, 6.45) is 1.04. The largest absolute Gasteiger partial charge is 0.428 e. The molecule has 0 bridgehead atoms. The molecule has 4 heteroatoms. The molecule has 2 aromatic rings. The van der Waals surface area contributed by atoms with E-state index < -0.39 is 8.32 Å². The van der Waals surface area contributed by atoms with Crippen LogP contribution in [-0.2, 0) is 6.42 Å². The lowest BCUT2D eigenvalue weighted by Crippen LogP contribution is -2.40. The molecule has 0 fully saturated rings. The Morgan fingerprint density at radius 3 is 2.68 bits per heavy atom. The van der Waals surface area contributed by atoms with Gasteiger partial charge in [-0.25, -0.2) is 0 Å². The minimum Gasteiger partial charge on any atom is -0.428 e. The van der Waals surface area contributed by atoms with Crippen LogP contribution in [0.2, 0.25) is 13.1 Å². The number of nitrogens with one attached hydrogen (secondary N) is 1. The summed E-state index contributed by atoms with van der Waals surface area (Å²) in [5.74, 6) is 0. The van der Waals surface area contributed by atoms with Crippen molar-refractivity contribution in [2.24, 2.45) is 0 Å². The fraction of sp³-hybridized carbons (Fsp3) is 0.467. The van der Waals surface area contributed by atoms with Gasteiger partial charge in [-0.05, 0) is 53.6 Å². The minimum absolute atomic E-state index is 0.532.